The zero-order chi connectivity index (χ0) is 15.5. The van der Waals surface area contributed by atoms with E-state index < -0.39 is 5.54 Å². The Morgan fingerprint density at radius 2 is 2.19 bits per heavy atom. The Morgan fingerprint density at radius 3 is 2.71 bits per heavy atom. The average molecular weight is 293 g/mol. The van der Waals surface area contributed by atoms with Gasteiger partial charge in [-0.05, 0) is 52.9 Å². The molecule has 0 bridgehead atoms. The summed E-state index contributed by atoms with van der Waals surface area (Å²) >= 11 is 0. The quantitative estimate of drug-likeness (QED) is 0.590. The van der Waals surface area contributed by atoms with Gasteiger partial charge in [0.25, 0.3) is 0 Å². The topological polar surface area (TPSA) is 56.2 Å². The third-order valence-corrected chi connectivity index (χ3v) is 4.41. The van der Waals surface area contributed by atoms with Gasteiger partial charge in [-0.3, -0.25) is 10.1 Å². The van der Waals surface area contributed by atoms with Crippen LogP contribution in [0.15, 0.2) is 6.33 Å². The molecule has 5 nitrogen and oxygen atoms in total. The molecule has 1 heterocycles. The van der Waals surface area contributed by atoms with Crippen LogP contribution < -0.4 is 5.32 Å². The highest BCUT2D eigenvalue weighted by Gasteiger charge is 2.38. The van der Waals surface area contributed by atoms with Gasteiger partial charge in [0, 0.05) is 18.3 Å². The third-order valence-electron chi connectivity index (χ3n) is 4.41. The summed E-state index contributed by atoms with van der Waals surface area (Å²) in [6.45, 7) is 7.03. The van der Waals surface area contributed by atoms with E-state index in [1.54, 1.807) is 0 Å². The first-order chi connectivity index (χ1) is 9.96. The molecule has 0 amide bonds. The highest BCUT2D eigenvalue weighted by atomic mass is 16.5. The number of methoxy groups -OCH3 is 1. The molecule has 1 aromatic rings. The molecule has 0 aromatic carbocycles. The van der Waals surface area contributed by atoms with E-state index in [0.29, 0.717) is 6.04 Å². The van der Waals surface area contributed by atoms with Crippen molar-refractivity contribution in [2.75, 3.05) is 7.11 Å². The van der Waals surface area contributed by atoms with Gasteiger partial charge >= 0.3 is 5.97 Å². The fraction of sp³-hybridized carbons (Fsp3) is 0.750. The number of hydrogen-bond acceptors (Lipinski definition) is 4. The van der Waals surface area contributed by atoms with Crippen LogP contribution in [0.1, 0.15) is 50.4 Å². The molecule has 0 aliphatic heterocycles. The smallest absolute Gasteiger partial charge is 0.325 e. The molecular weight excluding hydrogens is 266 g/mol. The van der Waals surface area contributed by atoms with E-state index in [0.717, 1.165) is 31.5 Å². The van der Waals surface area contributed by atoms with Gasteiger partial charge in [-0.2, -0.15) is 0 Å². The van der Waals surface area contributed by atoms with E-state index in [1.165, 1.54) is 25.6 Å². The summed E-state index contributed by atoms with van der Waals surface area (Å²) in [6, 6.07) is 0.493. The van der Waals surface area contributed by atoms with Crippen LogP contribution in [0.25, 0.3) is 0 Å². The van der Waals surface area contributed by atoms with Crippen molar-refractivity contribution in [2.45, 2.75) is 71.0 Å². The van der Waals surface area contributed by atoms with Crippen molar-refractivity contribution in [3.63, 3.8) is 0 Å². The van der Waals surface area contributed by atoms with Crippen LogP contribution in [0.4, 0.5) is 0 Å². The van der Waals surface area contributed by atoms with E-state index >= 15 is 0 Å². The lowest BCUT2D eigenvalue weighted by Crippen LogP contribution is -2.51. The minimum Gasteiger partial charge on any atom is -0.468 e. The Hall–Kier alpha value is -1.36. The van der Waals surface area contributed by atoms with Crippen LogP contribution in [0, 0.1) is 13.8 Å². The number of carbonyl (C=O) groups excluding carboxylic acids is 1. The summed E-state index contributed by atoms with van der Waals surface area (Å²) in [7, 11) is 1.47. The van der Waals surface area contributed by atoms with E-state index in [9.17, 15) is 4.79 Å². The Labute approximate surface area is 127 Å². The van der Waals surface area contributed by atoms with Crippen LogP contribution in [0.2, 0.25) is 0 Å². The number of nitrogens with zero attached hydrogens (tertiary/aromatic N) is 2. The van der Waals surface area contributed by atoms with Crippen molar-refractivity contribution in [3.05, 3.63) is 17.7 Å². The summed E-state index contributed by atoms with van der Waals surface area (Å²) in [4.78, 5) is 16.3. The average Bonchev–Trinajstić information content (AvgIpc) is 3.22. The third kappa shape index (κ3) is 4.06. The summed E-state index contributed by atoms with van der Waals surface area (Å²) in [6.07, 6.45) is 7.06. The maximum absolute atomic E-state index is 12.0. The standard InChI is InChI=1S/C16H27N3O2/c1-12-13(2)19(11-17-12)10-6-5-9-16(3,15(20)21-4)18-14-7-8-14/h11,14,18H,5-10H2,1-4H3. The van der Waals surface area contributed by atoms with Gasteiger partial charge in [-0.25, -0.2) is 4.98 Å². The van der Waals surface area contributed by atoms with E-state index in [-0.39, 0.29) is 5.97 Å². The van der Waals surface area contributed by atoms with Crippen LogP contribution in [0.3, 0.4) is 0 Å². The number of rotatable bonds is 8. The predicted molar refractivity (Wildman–Crippen MR) is 82.1 cm³/mol. The Morgan fingerprint density at radius 1 is 1.48 bits per heavy atom. The molecule has 1 unspecified atom stereocenters. The number of hydrogen-bond donors (Lipinski definition) is 1. The molecule has 1 aliphatic carbocycles. The first-order valence-electron chi connectivity index (χ1n) is 7.81. The van der Waals surface area contributed by atoms with E-state index in [2.05, 4.69) is 21.8 Å². The summed E-state index contributed by atoms with van der Waals surface area (Å²) in [5.41, 5.74) is 1.77. The SMILES string of the molecule is COC(=O)C(C)(CCCCn1cnc(C)c1C)NC1CC1. The number of unbranched alkanes of at least 4 members (excludes halogenated alkanes) is 1. The Balaban J connectivity index is 1.81. The molecule has 0 spiro atoms. The molecule has 1 aromatic heterocycles. The molecule has 2 rings (SSSR count). The zero-order valence-electron chi connectivity index (χ0n) is 13.6. The first-order valence-corrected chi connectivity index (χ1v) is 7.81. The van der Waals surface area contributed by atoms with Gasteiger partial charge < -0.3 is 9.30 Å². The fourth-order valence-corrected chi connectivity index (χ4v) is 2.67. The molecule has 1 aliphatic rings. The minimum atomic E-state index is -0.546. The second-order valence-electron chi connectivity index (χ2n) is 6.31. The molecular formula is C16H27N3O2. The number of nitrogens with one attached hydrogen (secondary N) is 1. The summed E-state index contributed by atoms with van der Waals surface area (Å²) in [5.74, 6) is -0.149. The number of carbonyl (C=O) groups is 1. The van der Waals surface area contributed by atoms with Crippen LogP contribution in [-0.4, -0.2) is 34.2 Å². The molecule has 21 heavy (non-hydrogen) atoms. The lowest BCUT2D eigenvalue weighted by molar-refractivity contribution is -0.148. The van der Waals surface area contributed by atoms with E-state index in [1.807, 2.05) is 20.2 Å². The number of ether oxygens (including phenoxy) is 1. The molecule has 0 saturated heterocycles. The lowest BCUT2D eigenvalue weighted by Gasteiger charge is -2.28. The number of esters is 1. The Kier molecular flexibility index (Phi) is 5.04. The van der Waals surface area contributed by atoms with Crippen molar-refractivity contribution in [2.24, 2.45) is 0 Å². The second-order valence-corrected chi connectivity index (χ2v) is 6.31. The molecule has 1 saturated carbocycles. The van der Waals surface area contributed by atoms with Crippen LogP contribution in [0.5, 0.6) is 0 Å². The maximum Gasteiger partial charge on any atom is 0.325 e. The molecule has 0 radical (unpaired) electrons. The predicted octanol–water partition coefficient (Wildman–Crippen LogP) is 2.35. The van der Waals surface area contributed by atoms with Crippen molar-refractivity contribution >= 4 is 5.97 Å². The normalized spacial score (nSPS) is 17.5. The molecule has 1 atom stereocenters. The summed E-state index contributed by atoms with van der Waals surface area (Å²) < 4.78 is 7.14. The van der Waals surface area contributed by atoms with Crippen LogP contribution >= 0.6 is 0 Å². The number of aromatic nitrogens is 2. The van der Waals surface area contributed by atoms with Crippen molar-refractivity contribution in [3.8, 4) is 0 Å². The maximum atomic E-state index is 12.0. The van der Waals surface area contributed by atoms with Gasteiger partial charge in [-0.15, -0.1) is 0 Å². The summed E-state index contributed by atoms with van der Waals surface area (Å²) in [5, 5.41) is 3.44. The fourth-order valence-electron chi connectivity index (χ4n) is 2.67. The first kappa shape index (κ1) is 16.0. The van der Waals surface area contributed by atoms with Crippen molar-refractivity contribution in [1.29, 1.82) is 0 Å². The van der Waals surface area contributed by atoms with Gasteiger partial charge in [0.2, 0.25) is 0 Å². The number of aryl methyl sites for hydroxylation is 2. The highest BCUT2D eigenvalue weighted by Crippen LogP contribution is 2.26. The van der Waals surface area contributed by atoms with Crippen LogP contribution in [-0.2, 0) is 16.1 Å². The van der Waals surface area contributed by atoms with Gasteiger partial charge in [0.1, 0.15) is 5.54 Å². The van der Waals surface area contributed by atoms with Gasteiger partial charge in [-0.1, -0.05) is 0 Å². The minimum absolute atomic E-state index is 0.149. The lowest BCUT2D eigenvalue weighted by atomic mass is 9.94. The number of imidazole rings is 1. The van der Waals surface area contributed by atoms with Crippen molar-refractivity contribution < 1.29 is 9.53 Å². The van der Waals surface area contributed by atoms with Crippen molar-refractivity contribution in [1.82, 2.24) is 14.9 Å². The molecule has 1 fully saturated rings. The van der Waals surface area contributed by atoms with Gasteiger partial charge in [0.05, 0.1) is 19.1 Å². The molecule has 118 valence electrons. The highest BCUT2D eigenvalue weighted by molar-refractivity contribution is 5.80. The van der Waals surface area contributed by atoms with Gasteiger partial charge in [0.15, 0.2) is 0 Å². The second kappa shape index (κ2) is 6.60. The largest absolute Gasteiger partial charge is 0.468 e. The van der Waals surface area contributed by atoms with E-state index in [4.69, 9.17) is 4.74 Å². The molecule has 1 N–H and O–H groups in total. The Bertz CT molecular complexity index is 494. The zero-order valence-corrected chi connectivity index (χ0v) is 13.6. The monoisotopic (exact) mass is 293 g/mol. The molecule has 5 heteroatoms.